The van der Waals surface area contributed by atoms with Crippen LogP contribution in [0.1, 0.15) is 12.2 Å². The van der Waals surface area contributed by atoms with Gasteiger partial charge in [-0.3, -0.25) is 4.79 Å². The van der Waals surface area contributed by atoms with Crippen LogP contribution in [0.4, 0.5) is 5.69 Å². The lowest BCUT2D eigenvalue weighted by Gasteiger charge is -2.22. The van der Waals surface area contributed by atoms with E-state index in [0.29, 0.717) is 0 Å². The standard InChI is InChI=1S/C15H17N3OS/c1-20-13-4-2-3-12(10-13)17-15(19)11-5-7-18-8-6-16-14(18)9-11/h2-4,6,8,10-11H,5,7,9H2,1H3,(H,17,19). The molecule has 0 radical (unpaired) electrons. The lowest BCUT2D eigenvalue weighted by atomic mass is 9.97. The van der Waals surface area contributed by atoms with Gasteiger partial charge in [-0.25, -0.2) is 4.98 Å². The molecule has 104 valence electrons. The molecule has 0 bridgehead atoms. The van der Waals surface area contributed by atoms with Gasteiger partial charge in [0.2, 0.25) is 5.91 Å². The Labute approximate surface area is 122 Å². The van der Waals surface area contributed by atoms with E-state index in [4.69, 9.17) is 0 Å². The van der Waals surface area contributed by atoms with Crippen LogP contribution in [0.15, 0.2) is 41.6 Å². The molecule has 1 aliphatic rings. The van der Waals surface area contributed by atoms with E-state index < -0.39 is 0 Å². The molecule has 1 aromatic heterocycles. The second-order valence-electron chi connectivity index (χ2n) is 4.95. The Kier molecular flexibility index (Phi) is 3.78. The Morgan fingerprint density at radius 1 is 1.50 bits per heavy atom. The lowest BCUT2D eigenvalue weighted by Crippen LogP contribution is -2.30. The fourth-order valence-corrected chi connectivity index (χ4v) is 2.98. The molecule has 3 rings (SSSR count). The van der Waals surface area contributed by atoms with E-state index in [0.717, 1.165) is 35.8 Å². The number of hydrogen-bond acceptors (Lipinski definition) is 3. The predicted molar refractivity (Wildman–Crippen MR) is 80.9 cm³/mol. The van der Waals surface area contributed by atoms with E-state index in [-0.39, 0.29) is 11.8 Å². The van der Waals surface area contributed by atoms with Gasteiger partial charge in [-0.05, 0) is 30.9 Å². The van der Waals surface area contributed by atoms with Crippen molar-refractivity contribution in [1.29, 1.82) is 0 Å². The molecule has 1 aliphatic heterocycles. The smallest absolute Gasteiger partial charge is 0.228 e. The number of benzene rings is 1. The molecule has 1 amide bonds. The molecular formula is C15H17N3OS. The third-order valence-electron chi connectivity index (χ3n) is 3.66. The summed E-state index contributed by atoms with van der Waals surface area (Å²) in [5, 5.41) is 3.02. The Balaban J connectivity index is 1.68. The third-order valence-corrected chi connectivity index (χ3v) is 4.38. The number of carbonyl (C=O) groups is 1. The van der Waals surface area contributed by atoms with Crippen molar-refractivity contribution in [3.05, 3.63) is 42.5 Å². The van der Waals surface area contributed by atoms with Crippen molar-refractivity contribution >= 4 is 23.4 Å². The maximum absolute atomic E-state index is 12.3. The molecular weight excluding hydrogens is 270 g/mol. The minimum Gasteiger partial charge on any atom is -0.335 e. The normalized spacial score (nSPS) is 17.6. The second-order valence-corrected chi connectivity index (χ2v) is 5.83. The first-order valence-corrected chi connectivity index (χ1v) is 7.93. The summed E-state index contributed by atoms with van der Waals surface area (Å²) in [7, 11) is 0. The van der Waals surface area contributed by atoms with Crippen molar-refractivity contribution in [3.63, 3.8) is 0 Å². The first-order chi connectivity index (χ1) is 9.76. The molecule has 0 saturated heterocycles. The number of anilines is 1. The molecule has 0 saturated carbocycles. The molecule has 0 aliphatic carbocycles. The minimum atomic E-state index is 0.0165. The summed E-state index contributed by atoms with van der Waals surface area (Å²) in [6, 6.07) is 7.94. The zero-order chi connectivity index (χ0) is 13.9. The molecule has 20 heavy (non-hydrogen) atoms. The number of nitrogens with one attached hydrogen (secondary N) is 1. The zero-order valence-electron chi connectivity index (χ0n) is 11.4. The van der Waals surface area contributed by atoms with Crippen molar-refractivity contribution in [2.75, 3.05) is 11.6 Å². The van der Waals surface area contributed by atoms with Crippen LogP contribution < -0.4 is 5.32 Å². The van der Waals surface area contributed by atoms with Gasteiger partial charge in [0.05, 0.1) is 0 Å². The molecule has 2 heterocycles. The quantitative estimate of drug-likeness (QED) is 0.883. The predicted octanol–water partition coefficient (Wildman–Crippen LogP) is 2.81. The van der Waals surface area contributed by atoms with Crippen LogP contribution in [-0.4, -0.2) is 21.7 Å². The molecule has 1 unspecified atom stereocenters. The summed E-state index contributed by atoms with van der Waals surface area (Å²) < 4.78 is 2.12. The van der Waals surface area contributed by atoms with E-state index in [9.17, 15) is 4.79 Å². The largest absolute Gasteiger partial charge is 0.335 e. The van der Waals surface area contributed by atoms with Gasteiger partial charge < -0.3 is 9.88 Å². The molecule has 5 heteroatoms. The van der Waals surface area contributed by atoms with Crippen LogP contribution in [0.25, 0.3) is 0 Å². The highest BCUT2D eigenvalue weighted by atomic mass is 32.2. The molecule has 1 aromatic carbocycles. The maximum atomic E-state index is 12.3. The SMILES string of the molecule is CSc1cccc(NC(=O)C2CCn3ccnc3C2)c1. The average Bonchev–Trinajstić information content (AvgIpc) is 2.94. The number of thioether (sulfide) groups is 1. The van der Waals surface area contributed by atoms with E-state index in [1.54, 1.807) is 18.0 Å². The molecule has 4 nitrogen and oxygen atoms in total. The highest BCUT2D eigenvalue weighted by Gasteiger charge is 2.25. The van der Waals surface area contributed by atoms with Gasteiger partial charge in [0.15, 0.2) is 0 Å². The summed E-state index contributed by atoms with van der Waals surface area (Å²) in [5.74, 6) is 1.12. The summed E-state index contributed by atoms with van der Waals surface area (Å²) >= 11 is 1.67. The number of imidazole rings is 1. The minimum absolute atomic E-state index is 0.0165. The zero-order valence-corrected chi connectivity index (χ0v) is 12.2. The van der Waals surface area contributed by atoms with Crippen molar-refractivity contribution in [2.24, 2.45) is 5.92 Å². The van der Waals surface area contributed by atoms with E-state index in [1.807, 2.05) is 36.7 Å². The number of hydrogen-bond donors (Lipinski definition) is 1. The number of nitrogens with zero attached hydrogens (tertiary/aromatic N) is 2. The first-order valence-electron chi connectivity index (χ1n) is 6.71. The van der Waals surface area contributed by atoms with Crippen LogP contribution in [0.5, 0.6) is 0 Å². The van der Waals surface area contributed by atoms with Crippen molar-refractivity contribution < 1.29 is 4.79 Å². The Morgan fingerprint density at radius 3 is 3.25 bits per heavy atom. The number of aryl methyl sites for hydroxylation is 1. The van der Waals surface area contributed by atoms with Gasteiger partial charge in [-0.15, -0.1) is 11.8 Å². The highest BCUT2D eigenvalue weighted by Crippen LogP contribution is 2.23. The number of amides is 1. The van der Waals surface area contributed by atoms with E-state index in [2.05, 4.69) is 14.9 Å². The van der Waals surface area contributed by atoms with Crippen molar-refractivity contribution in [3.8, 4) is 0 Å². The van der Waals surface area contributed by atoms with Gasteiger partial charge in [0, 0.05) is 41.9 Å². The van der Waals surface area contributed by atoms with E-state index >= 15 is 0 Å². The summed E-state index contributed by atoms with van der Waals surface area (Å²) in [6.07, 6.45) is 7.41. The van der Waals surface area contributed by atoms with Crippen molar-refractivity contribution in [2.45, 2.75) is 24.3 Å². The fourth-order valence-electron chi connectivity index (χ4n) is 2.52. The number of rotatable bonds is 3. The van der Waals surface area contributed by atoms with Crippen LogP contribution in [-0.2, 0) is 17.8 Å². The number of carbonyl (C=O) groups excluding carboxylic acids is 1. The van der Waals surface area contributed by atoms with E-state index in [1.165, 1.54) is 0 Å². The monoisotopic (exact) mass is 287 g/mol. The van der Waals surface area contributed by atoms with Crippen LogP contribution >= 0.6 is 11.8 Å². The van der Waals surface area contributed by atoms with Gasteiger partial charge >= 0.3 is 0 Å². The summed E-state index contributed by atoms with van der Waals surface area (Å²) in [6.45, 7) is 0.873. The second kappa shape index (κ2) is 5.71. The molecule has 0 spiro atoms. The summed E-state index contributed by atoms with van der Waals surface area (Å²) in [5.41, 5.74) is 0.871. The topological polar surface area (TPSA) is 46.9 Å². The fraction of sp³-hybridized carbons (Fsp3) is 0.333. The lowest BCUT2D eigenvalue weighted by molar-refractivity contribution is -0.120. The van der Waals surface area contributed by atoms with Gasteiger partial charge in [-0.2, -0.15) is 0 Å². The Morgan fingerprint density at radius 2 is 2.40 bits per heavy atom. The molecule has 0 fully saturated rings. The van der Waals surface area contributed by atoms with Crippen LogP contribution in [0.2, 0.25) is 0 Å². The molecule has 2 aromatic rings. The maximum Gasteiger partial charge on any atom is 0.228 e. The highest BCUT2D eigenvalue weighted by molar-refractivity contribution is 7.98. The van der Waals surface area contributed by atoms with Gasteiger partial charge in [0.25, 0.3) is 0 Å². The first kappa shape index (κ1) is 13.2. The molecule has 1 N–H and O–H groups in total. The molecule has 1 atom stereocenters. The van der Waals surface area contributed by atoms with Crippen LogP contribution in [0, 0.1) is 5.92 Å². The average molecular weight is 287 g/mol. The Bertz CT molecular complexity index is 623. The van der Waals surface area contributed by atoms with Crippen LogP contribution in [0.3, 0.4) is 0 Å². The Hall–Kier alpha value is -1.75. The number of aromatic nitrogens is 2. The third kappa shape index (κ3) is 2.72. The summed E-state index contributed by atoms with van der Waals surface area (Å²) in [4.78, 5) is 17.8. The van der Waals surface area contributed by atoms with Gasteiger partial charge in [0.1, 0.15) is 5.82 Å². The number of fused-ring (bicyclic) bond motifs is 1. The van der Waals surface area contributed by atoms with Crippen molar-refractivity contribution in [1.82, 2.24) is 9.55 Å². The van der Waals surface area contributed by atoms with Gasteiger partial charge in [-0.1, -0.05) is 6.07 Å².